The molecule has 0 radical (unpaired) electrons. The number of rotatable bonds is 6. The van der Waals surface area contributed by atoms with Crippen molar-refractivity contribution in [2.45, 2.75) is 25.7 Å². The van der Waals surface area contributed by atoms with Crippen molar-refractivity contribution in [1.82, 2.24) is 19.9 Å². The summed E-state index contributed by atoms with van der Waals surface area (Å²) in [4.78, 5) is 57.8. The second-order valence-corrected chi connectivity index (χ2v) is 15.7. The number of hydrogen-bond donors (Lipinski definition) is 7. The van der Waals surface area contributed by atoms with E-state index in [-0.39, 0.29) is 41.1 Å². The number of nitrogens with zero attached hydrogens (tertiary/aromatic N) is 2. The lowest BCUT2D eigenvalue weighted by Gasteiger charge is -2.18. The van der Waals surface area contributed by atoms with E-state index < -0.39 is 0 Å². The first-order chi connectivity index (χ1) is 27.5. The summed E-state index contributed by atoms with van der Waals surface area (Å²) in [6.07, 6.45) is 5.33. The van der Waals surface area contributed by atoms with Gasteiger partial charge in [0.15, 0.2) is 0 Å². The molecule has 4 aromatic heterocycles. The number of phenolic OH excluding ortho intramolecular Hbond substituents is 2. The van der Waals surface area contributed by atoms with Gasteiger partial charge in [-0.2, -0.15) is 0 Å². The molecule has 3 amide bonds. The number of phenols is 2. The van der Waals surface area contributed by atoms with E-state index in [1.807, 2.05) is 26.2 Å². The number of aromatic nitrogens is 4. The molecule has 0 saturated heterocycles. The number of carbonyl (C=O) groups excluding carboxylic acids is 3. The van der Waals surface area contributed by atoms with E-state index in [9.17, 15) is 24.6 Å². The predicted octanol–water partition coefficient (Wildman–Crippen LogP) is 8.86. The topological polar surface area (TPSA) is 173 Å². The molecule has 8 aromatic rings. The molecule has 57 heavy (non-hydrogen) atoms. The van der Waals surface area contributed by atoms with Crippen molar-refractivity contribution in [3.63, 3.8) is 0 Å². The van der Waals surface area contributed by atoms with Crippen LogP contribution in [0.4, 0.5) is 17.1 Å². The zero-order chi connectivity index (χ0) is 39.4. The highest BCUT2D eigenvalue weighted by Crippen LogP contribution is 2.48. The first-order valence-electron chi connectivity index (χ1n) is 18.5. The van der Waals surface area contributed by atoms with E-state index in [0.717, 1.165) is 38.5 Å². The number of halogens is 2. The van der Waals surface area contributed by atoms with Gasteiger partial charge >= 0.3 is 0 Å². The Morgan fingerprint density at radius 1 is 0.737 bits per heavy atom. The molecule has 14 heteroatoms. The fourth-order valence-electron chi connectivity index (χ4n) is 8.95. The van der Waals surface area contributed by atoms with Crippen molar-refractivity contribution in [2.75, 3.05) is 40.0 Å². The maximum Gasteiger partial charge on any atom is 0.274 e. The number of nitrogens with one attached hydrogen (secondary N) is 5. The van der Waals surface area contributed by atoms with Crippen LogP contribution in [0.2, 0.25) is 0 Å². The normalized spacial score (nSPS) is 16.4. The highest BCUT2D eigenvalue weighted by atomic mass is 35.5. The Morgan fingerprint density at radius 3 is 1.95 bits per heavy atom. The van der Waals surface area contributed by atoms with Crippen LogP contribution in [0.3, 0.4) is 0 Å². The average Bonchev–Trinajstić information content (AvgIpc) is 4.06. The van der Waals surface area contributed by atoms with Gasteiger partial charge in [-0.1, -0.05) is 0 Å². The first kappa shape index (κ1) is 35.1. The van der Waals surface area contributed by atoms with Crippen LogP contribution in [-0.4, -0.2) is 72.7 Å². The quantitative estimate of drug-likeness (QED) is 0.0831. The predicted molar refractivity (Wildman–Crippen MR) is 224 cm³/mol. The number of anilines is 3. The van der Waals surface area contributed by atoms with Gasteiger partial charge in [0, 0.05) is 111 Å². The van der Waals surface area contributed by atoms with Crippen LogP contribution in [-0.2, 0) is 0 Å². The van der Waals surface area contributed by atoms with Gasteiger partial charge < -0.3 is 45.3 Å². The van der Waals surface area contributed by atoms with Crippen LogP contribution >= 0.6 is 23.2 Å². The Hall–Kier alpha value is -6.37. The summed E-state index contributed by atoms with van der Waals surface area (Å²) in [6, 6.07) is 15.4. The van der Waals surface area contributed by atoms with Crippen LogP contribution in [0.5, 0.6) is 11.5 Å². The molecule has 2 aliphatic rings. The van der Waals surface area contributed by atoms with E-state index >= 15 is 0 Å². The molecule has 2 aliphatic heterocycles. The molecule has 12 nitrogen and oxygen atoms in total. The summed E-state index contributed by atoms with van der Waals surface area (Å²) in [5.74, 6) is -0.397. The molecule has 6 heterocycles. The molecule has 0 spiro atoms. The molecule has 7 N–H and O–H groups in total. The van der Waals surface area contributed by atoms with Crippen LogP contribution in [0.1, 0.15) is 65.3 Å². The van der Waals surface area contributed by atoms with E-state index in [0.29, 0.717) is 86.1 Å². The third kappa shape index (κ3) is 5.24. The van der Waals surface area contributed by atoms with Gasteiger partial charge in [-0.15, -0.1) is 23.2 Å². The summed E-state index contributed by atoms with van der Waals surface area (Å²) >= 11 is 12.9. The molecule has 0 unspecified atom stereocenters. The van der Waals surface area contributed by atoms with Crippen LogP contribution in [0, 0.1) is 13.8 Å². The zero-order valence-corrected chi connectivity index (χ0v) is 32.2. The number of H-pyrrole nitrogens is 4. The molecule has 0 bridgehead atoms. The lowest BCUT2D eigenvalue weighted by Crippen LogP contribution is -2.30. The molecule has 0 aliphatic carbocycles. The molecule has 10 rings (SSSR count). The Kier molecular flexibility index (Phi) is 7.90. The minimum Gasteiger partial charge on any atom is -0.506 e. The Morgan fingerprint density at radius 2 is 1.33 bits per heavy atom. The van der Waals surface area contributed by atoms with Crippen LogP contribution in [0.15, 0.2) is 73.2 Å². The monoisotopic (exact) mass is 799 g/mol. The highest BCUT2D eigenvalue weighted by Gasteiger charge is 2.38. The van der Waals surface area contributed by atoms with Crippen molar-refractivity contribution < 1.29 is 24.6 Å². The number of benzene rings is 4. The number of aromatic hydroxyl groups is 2. The number of aryl methyl sites for hydroxylation is 2. The van der Waals surface area contributed by atoms with E-state index in [1.54, 1.807) is 70.6 Å². The van der Waals surface area contributed by atoms with Crippen molar-refractivity contribution in [1.29, 1.82) is 0 Å². The molecular weight excluding hydrogens is 765 g/mol. The fraction of sp³-hybridized carbons (Fsp3) is 0.186. The standard InChI is InChI=1S/C43H35Cl2N7O5/c1-19-14-47-39-33(53)10-31-37(35(19)39)23(12-44)17-51(31)42(56)27-16-46-29-6-4-25(9-26(27)29)49-41(55)21-3-5-28-22(7-21)8-30(50-28)43(57)52-18-24(13-45)38-32(52)11-34(54)40-36(38)20(2)15-48-40/h3-11,14-16,23-24,46-48,50,53-54H,12-13,17-18H2,1-2H3,(H,49,55)/t23-,24-/m1/s1. The fourth-order valence-corrected chi connectivity index (χ4v) is 9.45. The van der Waals surface area contributed by atoms with E-state index in [2.05, 4.69) is 25.3 Å². The van der Waals surface area contributed by atoms with Crippen molar-refractivity contribution in [3.05, 3.63) is 112 Å². The van der Waals surface area contributed by atoms with Gasteiger partial charge in [0.25, 0.3) is 17.7 Å². The summed E-state index contributed by atoms with van der Waals surface area (Å²) in [7, 11) is 0. The maximum atomic E-state index is 14.2. The van der Waals surface area contributed by atoms with Crippen LogP contribution in [0.25, 0.3) is 43.6 Å². The molecule has 4 aromatic carbocycles. The van der Waals surface area contributed by atoms with Crippen molar-refractivity contribution in [2.24, 2.45) is 0 Å². The smallest absolute Gasteiger partial charge is 0.274 e. The molecule has 2 atom stereocenters. The highest BCUT2D eigenvalue weighted by molar-refractivity contribution is 6.21. The van der Waals surface area contributed by atoms with Gasteiger partial charge in [0.2, 0.25) is 0 Å². The van der Waals surface area contributed by atoms with E-state index in [4.69, 9.17) is 23.2 Å². The average molecular weight is 801 g/mol. The number of alkyl halides is 2. The minimum atomic E-state index is -0.367. The summed E-state index contributed by atoms with van der Waals surface area (Å²) < 4.78 is 0. The van der Waals surface area contributed by atoms with Gasteiger partial charge in [-0.25, -0.2) is 0 Å². The lowest BCUT2D eigenvalue weighted by atomic mass is 9.97. The molecule has 286 valence electrons. The Labute approximate surface area is 334 Å². The summed E-state index contributed by atoms with van der Waals surface area (Å²) in [5.41, 5.74) is 9.31. The third-order valence-corrected chi connectivity index (χ3v) is 12.4. The number of aromatic amines is 4. The summed E-state index contributed by atoms with van der Waals surface area (Å²) in [5, 5.41) is 27.7. The van der Waals surface area contributed by atoms with Crippen LogP contribution < -0.4 is 15.1 Å². The Balaban J connectivity index is 0.912. The zero-order valence-electron chi connectivity index (χ0n) is 30.7. The second-order valence-electron chi connectivity index (χ2n) is 15.0. The molecular formula is C43H35Cl2N7O5. The number of hydrogen-bond acceptors (Lipinski definition) is 5. The number of fused-ring (bicyclic) bond motifs is 8. The Bertz CT molecular complexity index is 3030. The largest absolute Gasteiger partial charge is 0.506 e. The second kappa shape index (κ2) is 12.8. The van der Waals surface area contributed by atoms with Gasteiger partial charge in [-0.05, 0) is 78.6 Å². The number of amides is 3. The van der Waals surface area contributed by atoms with Gasteiger partial charge in [-0.3, -0.25) is 14.4 Å². The SMILES string of the molecule is Cc1c[nH]c2c(O)cc3c(c12)[C@H](CCl)CN3C(=O)c1cc2cc(C(=O)Nc3ccc4[nH]cc(C(=O)N5C[C@@H](CCl)c6c5cc(O)c5[nH]cc(C)c65)c4c3)ccc2[nH]1. The first-order valence-corrected chi connectivity index (χ1v) is 19.6. The van der Waals surface area contributed by atoms with Crippen molar-refractivity contribution in [3.8, 4) is 11.5 Å². The van der Waals surface area contributed by atoms with Crippen molar-refractivity contribution >= 4 is 102 Å². The maximum absolute atomic E-state index is 14.2. The lowest BCUT2D eigenvalue weighted by molar-refractivity contribution is 0.0979. The van der Waals surface area contributed by atoms with Gasteiger partial charge in [0.05, 0.1) is 28.0 Å². The number of carbonyl (C=O) groups is 3. The van der Waals surface area contributed by atoms with E-state index in [1.165, 1.54) is 0 Å². The minimum absolute atomic E-state index is 0.0573. The van der Waals surface area contributed by atoms with Gasteiger partial charge in [0.1, 0.15) is 17.2 Å². The molecule has 0 saturated carbocycles. The third-order valence-electron chi connectivity index (χ3n) is 11.7. The summed E-state index contributed by atoms with van der Waals surface area (Å²) in [6.45, 7) is 4.64. The molecule has 0 fully saturated rings.